The molecule has 3 aromatic rings. The molecule has 2 amide bonds. The lowest BCUT2D eigenvalue weighted by molar-refractivity contribution is -0.385. The summed E-state index contributed by atoms with van der Waals surface area (Å²) in [6.45, 7) is 4.11. The first-order chi connectivity index (χ1) is 15.8. The Morgan fingerprint density at radius 3 is 2.48 bits per heavy atom. The van der Waals surface area contributed by atoms with Crippen LogP contribution < -0.4 is 10.2 Å². The summed E-state index contributed by atoms with van der Waals surface area (Å²) in [5, 5.41) is 16.2. The van der Waals surface area contributed by atoms with Crippen molar-refractivity contribution >= 4 is 51.8 Å². The number of piperazine rings is 1. The van der Waals surface area contributed by atoms with Gasteiger partial charge in [-0.05, 0) is 42.6 Å². The fourth-order valence-electron chi connectivity index (χ4n) is 3.70. The molecule has 10 heteroatoms. The van der Waals surface area contributed by atoms with E-state index < -0.39 is 10.8 Å². The molecule has 0 spiro atoms. The van der Waals surface area contributed by atoms with Gasteiger partial charge in [0.1, 0.15) is 0 Å². The third-order valence-corrected chi connectivity index (χ3v) is 6.67. The Bertz CT molecular complexity index is 1210. The maximum absolute atomic E-state index is 12.6. The molecule has 1 fully saturated rings. The molecule has 1 aromatic heterocycles. The summed E-state index contributed by atoms with van der Waals surface area (Å²) in [6.07, 6.45) is 0. The van der Waals surface area contributed by atoms with Crippen LogP contribution in [0.1, 0.15) is 25.6 Å². The molecule has 33 heavy (non-hydrogen) atoms. The van der Waals surface area contributed by atoms with Crippen LogP contribution in [0, 0.1) is 17.0 Å². The van der Waals surface area contributed by atoms with E-state index in [2.05, 4.69) is 10.2 Å². The van der Waals surface area contributed by atoms with E-state index in [1.54, 1.807) is 31.2 Å². The van der Waals surface area contributed by atoms with Crippen molar-refractivity contribution in [3.8, 4) is 0 Å². The summed E-state index contributed by atoms with van der Waals surface area (Å²) in [4.78, 5) is 40.4. The van der Waals surface area contributed by atoms with E-state index in [0.29, 0.717) is 42.5 Å². The SMILES string of the molecule is Cc1ccc(C(=O)Nc2ccc(N3CCN(C(=O)c4cccs4)CC3)c(Cl)c2)cc1[N+](=O)[O-]. The number of halogens is 1. The fraction of sp³-hybridized carbons (Fsp3) is 0.217. The molecule has 0 saturated carbocycles. The summed E-state index contributed by atoms with van der Waals surface area (Å²) >= 11 is 7.94. The highest BCUT2D eigenvalue weighted by atomic mass is 35.5. The fourth-order valence-corrected chi connectivity index (χ4v) is 4.69. The van der Waals surface area contributed by atoms with Gasteiger partial charge in [-0.1, -0.05) is 23.7 Å². The van der Waals surface area contributed by atoms with Crippen LogP contribution in [0.5, 0.6) is 0 Å². The van der Waals surface area contributed by atoms with Gasteiger partial charge >= 0.3 is 0 Å². The first-order valence-electron chi connectivity index (χ1n) is 10.3. The number of rotatable bonds is 5. The third kappa shape index (κ3) is 4.99. The van der Waals surface area contributed by atoms with Crippen LogP contribution in [0.3, 0.4) is 0 Å². The minimum Gasteiger partial charge on any atom is -0.367 e. The summed E-state index contributed by atoms with van der Waals surface area (Å²) in [5.74, 6) is -0.409. The number of nitrogens with one attached hydrogen (secondary N) is 1. The topological polar surface area (TPSA) is 95.8 Å². The summed E-state index contributed by atoms with van der Waals surface area (Å²) in [6, 6.07) is 13.3. The normalized spacial score (nSPS) is 13.6. The molecule has 2 aromatic carbocycles. The highest BCUT2D eigenvalue weighted by molar-refractivity contribution is 7.12. The second kappa shape index (κ2) is 9.60. The van der Waals surface area contributed by atoms with Gasteiger partial charge in [0.15, 0.2) is 0 Å². The van der Waals surface area contributed by atoms with Crippen LogP contribution in [0.15, 0.2) is 53.9 Å². The minimum atomic E-state index is -0.508. The average molecular weight is 485 g/mol. The molecular formula is C23H21ClN4O4S. The van der Waals surface area contributed by atoms with Crippen molar-refractivity contribution in [1.82, 2.24) is 4.90 Å². The van der Waals surface area contributed by atoms with Crippen LogP contribution in [-0.2, 0) is 0 Å². The molecule has 0 aliphatic carbocycles. The standard InChI is InChI=1S/C23H21ClN4O4S/c1-15-4-5-16(13-20(15)28(31)32)22(29)25-17-6-7-19(18(24)14-17)26-8-10-27(11-9-26)23(30)21-3-2-12-33-21/h2-7,12-14H,8-11H2,1H3,(H,25,29). The van der Waals surface area contributed by atoms with Crippen molar-refractivity contribution < 1.29 is 14.5 Å². The number of nitro groups is 1. The molecule has 170 valence electrons. The first kappa shape index (κ1) is 22.8. The minimum absolute atomic E-state index is 0.0464. The number of thiophene rings is 1. The van der Waals surface area contributed by atoms with Crippen molar-refractivity contribution in [1.29, 1.82) is 0 Å². The zero-order valence-electron chi connectivity index (χ0n) is 17.8. The van der Waals surface area contributed by atoms with Gasteiger partial charge in [0, 0.05) is 49.1 Å². The number of hydrogen-bond acceptors (Lipinski definition) is 6. The van der Waals surface area contributed by atoms with Gasteiger partial charge < -0.3 is 15.1 Å². The van der Waals surface area contributed by atoms with Gasteiger partial charge in [-0.25, -0.2) is 0 Å². The predicted molar refractivity (Wildman–Crippen MR) is 130 cm³/mol. The van der Waals surface area contributed by atoms with E-state index in [-0.39, 0.29) is 17.2 Å². The number of aryl methyl sites for hydroxylation is 1. The molecule has 8 nitrogen and oxygen atoms in total. The van der Waals surface area contributed by atoms with E-state index in [1.165, 1.54) is 17.4 Å². The van der Waals surface area contributed by atoms with Crippen molar-refractivity contribution in [3.05, 3.63) is 85.1 Å². The molecule has 1 aliphatic heterocycles. The number of carbonyl (C=O) groups is 2. The quantitative estimate of drug-likeness (QED) is 0.413. The number of nitrogens with zero attached hydrogens (tertiary/aromatic N) is 3. The Balaban J connectivity index is 1.40. The highest BCUT2D eigenvalue weighted by Gasteiger charge is 2.24. The maximum Gasteiger partial charge on any atom is 0.273 e. The Morgan fingerprint density at radius 2 is 1.85 bits per heavy atom. The van der Waals surface area contributed by atoms with E-state index in [4.69, 9.17) is 11.6 Å². The second-order valence-corrected chi connectivity index (χ2v) is 8.99. The number of carbonyl (C=O) groups excluding carboxylic acids is 2. The lowest BCUT2D eigenvalue weighted by Gasteiger charge is -2.36. The van der Waals surface area contributed by atoms with Crippen molar-refractivity contribution in [3.63, 3.8) is 0 Å². The molecule has 0 unspecified atom stereocenters. The zero-order valence-corrected chi connectivity index (χ0v) is 19.4. The van der Waals surface area contributed by atoms with Crippen LogP contribution in [0.4, 0.5) is 17.1 Å². The molecule has 0 atom stereocenters. The molecule has 1 aliphatic rings. The molecule has 0 bridgehead atoms. The summed E-state index contributed by atoms with van der Waals surface area (Å²) in [7, 11) is 0. The molecule has 1 N–H and O–H groups in total. The van der Waals surface area contributed by atoms with Crippen LogP contribution in [-0.4, -0.2) is 47.8 Å². The number of benzene rings is 2. The van der Waals surface area contributed by atoms with Crippen LogP contribution in [0.25, 0.3) is 0 Å². The molecule has 2 heterocycles. The Morgan fingerprint density at radius 1 is 1.09 bits per heavy atom. The van der Waals surface area contributed by atoms with E-state index in [1.807, 2.05) is 28.5 Å². The van der Waals surface area contributed by atoms with E-state index in [9.17, 15) is 19.7 Å². The predicted octanol–water partition coefficient (Wildman–Crippen LogP) is 4.83. The number of hydrogen-bond donors (Lipinski definition) is 1. The van der Waals surface area contributed by atoms with Gasteiger partial charge in [0.25, 0.3) is 17.5 Å². The van der Waals surface area contributed by atoms with Crippen molar-refractivity contribution in [2.45, 2.75) is 6.92 Å². The van der Waals surface area contributed by atoms with Gasteiger partial charge in [0.05, 0.1) is 20.5 Å². The second-order valence-electron chi connectivity index (χ2n) is 7.64. The molecule has 0 radical (unpaired) electrons. The van der Waals surface area contributed by atoms with Crippen LogP contribution >= 0.6 is 22.9 Å². The van der Waals surface area contributed by atoms with Gasteiger partial charge in [-0.2, -0.15) is 0 Å². The monoisotopic (exact) mass is 484 g/mol. The number of anilines is 2. The summed E-state index contributed by atoms with van der Waals surface area (Å²) < 4.78 is 0. The number of amides is 2. The highest BCUT2D eigenvalue weighted by Crippen LogP contribution is 2.30. The Hall–Kier alpha value is -3.43. The smallest absolute Gasteiger partial charge is 0.273 e. The van der Waals surface area contributed by atoms with Gasteiger partial charge in [0.2, 0.25) is 0 Å². The lowest BCUT2D eigenvalue weighted by Crippen LogP contribution is -2.48. The molecular weight excluding hydrogens is 464 g/mol. The van der Waals surface area contributed by atoms with Crippen molar-refractivity contribution in [2.24, 2.45) is 0 Å². The Labute approximate surface area is 199 Å². The van der Waals surface area contributed by atoms with E-state index in [0.717, 1.165) is 10.6 Å². The third-order valence-electron chi connectivity index (χ3n) is 5.51. The van der Waals surface area contributed by atoms with Gasteiger partial charge in [-0.15, -0.1) is 11.3 Å². The molecule has 1 saturated heterocycles. The first-order valence-corrected chi connectivity index (χ1v) is 11.5. The molecule has 4 rings (SSSR count). The maximum atomic E-state index is 12.6. The van der Waals surface area contributed by atoms with Crippen LogP contribution in [0.2, 0.25) is 5.02 Å². The zero-order chi connectivity index (χ0) is 23.5. The van der Waals surface area contributed by atoms with Gasteiger partial charge in [-0.3, -0.25) is 19.7 Å². The number of nitro benzene ring substituents is 1. The largest absolute Gasteiger partial charge is 0.367 e. The van der Waals surface area contributed by atoms with E-state index >= 15 is 0 Å². The Kier molecular flexibility index (Phi) is 6.62. The van der Waals surface area contributed by atoms with Crippen molar-refractivity contribution in [2.75, 3.05) is 36.4 Å². The average Bonchev–Trinajstić information content (AvgIpc) is 3.34. The lowest BCUT2D eigenvalue weighted by atomic mass is 10.1. The summed E-state index contributed by atoms with van der Waals surface area (Å²) in [5.41, 5.74) is 1.89.